The zero-order valence-corrected chi connectivity index (χ0v) is 9.58. The molecule has 0 bridgehead atoms. The lowest BCUT2D eigenvalue weighted by molar-refractivity contribution is 0.611. The first-order valence-electron chi connectivity index (χ1n) is 3.79. The first kappa shape index (κ1) is 9.89. The molecule has 14 heavy (non-hydrogen) atoms. The van der Waals surface area contributed by atoms with Crippen LogP contribution in [0.1, 0.15) is 5.69 Å². The highest BCUT2D eigenvalue weighted by atomic mass is 35.7. The van der Waals surface area contributed by atoms with Crippen molar-refractivity contribution in [3.05, 3.63) is 23.9 Å². The lowest BCUT2D eigenvalue weighted by Crippen LogP contribution is -1.83. The van der Waals surface area contributed by atoms with Crippen molar-refractivity contribution >= 4 is 41.3 Å². The molecule has 0 aliphatic rings. The number of pyridine rings is 1. The molecule has 0 saturated carbocycles. The normalized spacial score (nSPS) is 12.1. The molecule has 0 N–H and O–H groups in total. The summed E-state index contributed by atoms with van der Waals surface area (Å²) in [4.78, 5) is 4.20. The van der Waals surface area contributed by atoms with Crippen LogP contribution in [-0.2, 0) is 9.05 Å². The maximum absolute atomic E-state index is 11.0. The summed E-state index contributed by atoms with van der Waals surface area (Å²) in [5, 5.41) is 0. The van der Waals surface area contributed by atoms with Gasteiger partial charge in [0.1, 0.15) is 4.21 Å². The van der Waals surface area contributed by atoms with E-state index in [4.69, 9.17) is 10.7 Å². The van der Waals surface area contributed by atoms with Crippen LogP contribution in [0.25, 0.3) is 10.2 Å². The number of aromatic nitrogens is 1. The maximum atomic E-state index is 11.0. The van der Waals surface area contributed by atoms with Crippen molar-refractivity contribution in [3.8, 4) is 0 Å². The number of rotatable bonds is 1. The van der Waals surface area contributed by atoms with E-state index in [2.05, 4.69) is 4.98 Å². The fourth-order valence-electron chi connectivity index (χ4n) is 1.12. The van der Waals surface area contributed by atoms with Gasteiger partial charge in [-0.15, -0.1) is 11.3 Å². The quantitative estimate of drug-likeness (QED) is 0.728. The van der Waals surface area contributed by atoms with Crippen molar-refractivity contribution in [1.29, 1.82) is 0 Å². The Morgan fingerprint density at radius 2 is 2.14 bits per heavy atom. The molecule has 0 spiro atoms. The minimum absolute atomic E-state index is 0.146. The maximum Gasteiger partial charge on any atom is 0.270 e. The number of thiophene rings is 1. The summed E-state index contributed by atoms with van der Waals surface area (Å²) in [5.74, 6) is 0. The van der Waals surface area contributed by atoms with E-state index in [-0.39, 0.29) is 4.21 Å². The summed E-state index contributed by atoms with van der Waals surface area (Å²) in [6, 6.07) is 5.17. The Balaban J connectivity index is 2.75. The first-order chi connectivity index (χ1) is 6.47. The number of hydrogen-bond acceptors (Lipinski definition) is 4. The summed E-state index contributed by atoms with van der Waals surface area (Å²) in [5.41, 5.74) is 1.53. The lowest BCUT2D eigenvalue weighted by atomic mass is 10.3. The van der Waals surface area contributed by atoms with E-state index in [1.54, 1.807) is 0 Å². The molecule has 6 heteroatoms. The van der Waals surface area contributed by atoms with E-state index >= 15 is 0 Å². The van der Waals surface area contributed by atoms with Gasteiger partial charge in [0.05, 0.1) is 10.2 Å². The van der Waals surface area contributed by atoms with Crippen LogP contribution in [0.5, 0.6) is 0 Å². The third kappa shape index (κ3) is 1.75. The zero-order chi connectivity index (χ0) is 10.3. The van der Waals surface area contributed by atoms with Crippen molar-refractivity contribution in [2.75, 3.05) is 0 Å². The molecular weight excluding hydrogens is 242 g/mol. The van der Waals surface area contributed by atoms with Gasteiger partial charge in [0.15, 0.2) is 0 Å². The molecule has 0 aromatic carbocycles. The Bertz CT molecular complexity index is 588. The summed E-state index contributed by atoms with van der Waals surface area (Å²) in [6.07, 6.45) is 0. The predicted molar refractivity (Wildman–Crippen MR) is 57.4 cm³/mol. The van der Waals surface area contributed by atoms with Crippen LogP contribution < -0.4 is 0 Å². The molecule has 0 radical (unpaired) electrons. The molecule has 2 rings (SSSR count). The Labute approximate surface area is 89.8 Å². The van der Waals surface area contributed by atoms with Gasteiger partial charge in [0.2, 0.25) is 0 Å². The van der Waals surface area contributed by atoms with E-state index < -0.39 is 9.05 Å². The molecule has 0 unspecified atom stereocenters. The molecule has 2 heterocycles. The van der Waals surface area contributed by atoms with Gasteiger partial charge >= 0.3 is 0 Å². The van der Waals surface area contributed by atoms with Crippen molar-refractivity contribution in [3.63, 3.8) is 0 Å². The van der Waals surface area contributed by atoms with Gasteiger partial charge in [-0.2, -0.15) is 0 Å². The Morgan fingerprint density at radius 3 is 2.79 bits per heavy atom. The van der Waals surface area contributed by atoms with Crippen LogP contribution in [0.15, 0.2) is 22.4 Å². The standard InChI is InChI=1S/C8H6ClNO2S2/c1-5-2-3-7-6(10-5)4-8(13-7)14(9,11)12/h2-4H,1H3. The van der Waals surface area contributed by atoms with Gasteiger partial charge in [0, 0.05) is 16.4 Å². The second kappa shape index (κ2) is 3.18. The van der Waals surface area contributed by atoms with Crippen LogP contribution in [0.2, 0.25) is 0 Å². The molecule has 0 aliphatic carbocycles. The van der Waals surface area contributed by atoms with Gasteiger partial charge in [0.25, 0.3) is 9.05 Å². The minimum atomic E-state index is -3.63. The van der Waals surface area contributed by atoms with E-state index in [0.29, 0.717) is 5.52 Å². The first-order valence-corrected chi connectivity index (χ1v) is 6.91. The van der Waals surface area contributed by atoms with Crippen LogP contribution in [0, 0.1) is 6.92 Å². The second-order valence-electron chi connectivity index (χ2n) is 2.84. The third-order valence-electron chi connectivity index (χ3n) is 1.73. The smallest absolute Gasteiger partial charge is 0.252 e. The van der Waals surface area contributed by atoms with Crippen molar-refractivity contribution in [1.82, 2.24) is 4.98 Å². The Morgan fingerprint density at radius 1 is 1.43 bits per heavy atom. The number of hydrogen-bond donors (Lipinski definition) is 0. The molecule has 0 fully saturated rings. The SMILES string of the molecule is Cc1ccc2sc(S(=O)(=O)Cl)cc2n1. The molecule has 0 saturated heterocycles. The molecular formula is C8H6ClNO2S2. The molecule has 2 aromatic heterocycles. The number of aryl methyl sites for hydroxylation is 1. The summed E-state index contributed by atoms with van der Waals surface area (Å²) < 4.78 is 23.0. The molecule has 3 nitrogen and oxygen atoms in total. The number of fused-ring (bicyclic) bond motifs is 1. The molecule has 74 valence electrons. The Kier molecular flexibility index (Phi) is 2.25. The van der Waals surface area contributed by atoms with E-state index in [9.17, 15) is 8.42 Å². The zero-order valence-electron chi connectivity index (χ0n) is 7.19. The van der Waals surface area contributed by atoms with E-state index in [1.165, 1.54) is 6.07 Å². The van der Waals surface area contributed by atoms with Crippen molar-refractivity contribution in [2.45, 2.75) is 11.1 Å². The number of nitrogens with zero attached hydrogens (tertiary/aromatic N) is 1. The largest absolute Gasteiger partial charge is 0.270 e. The predicted octanol–water partition coefficient (Wildman–Crippen LogP) is 2.53. The van der Waals surface area contributed by atoms with Crippen molar-refractivity contribution in [2.24, 2.45) is 0 Å². The lowest BCUT2D eigenvalue weighted by Gasteiger charge is -1.89. The fraction of sp³-hybridized carbons (Fsp3) is 0.125. The molecule has 0 aliphatic heterocycles. The summed E-state index contributed by atoms with van der Waals surface area (Å²) >= 11 is 1.13. The topological polar surface area (TPSA) is 47.0 Å². The van der Waals surface area contributed by atoms with Gasteiger partial charge in [-0.25, -0.2) is 8.42 Å². The highest BCUT2D eigenvalue weighted by molar-refractivity contribution is 8.15. The summed E-state index contributed by atoms with van der Waals surface area (Å²) in [7, 11) is 1.60. The van der Waals surface area contributed by atoms with Gasteiger partial charge in [-0.3, -0.25) is 4.98 Å². The number of halogens is 1. The van der Waals surface area contributed by atoms with Crippen LogP contribution in [-0.4, -0.2) is 13.4 Å². The molecule has 0 atom stereocenters. The third-order valence-corrected chi connectivity index (χ3v) is 4.89. The Hall–Kier alpha value is -0.650. The summed E-state index contributed by atoms with van der Waals surface area (Å²) in [6.45, 7) is 1.85. The monoisotopic (exact) mass is 247 g/mol. The van der Waals surface area contributed by atoms with Crippen LogP contribution >= 0.6 is 22.0 Å². The highest BCUT2D eigenvalue weighted by Crippen LogP contribution is 2.29. The van der Waals surface area contributed by atoms with E-state index in [0.717, 1.165) is 21.7 Å². The molecule has 2 aromatic rings. The average Bonchev–Trinajstić information content (AvgIpc) is 2.45. The van der Waals surface area contributed by atoms with Crippen LogP contribution in [0.4, 0.5) is 0 Å². The van der Waals surface area contributed by atoms with Gasteiger partial charge in [-0.05, 0) is 25.1 Å². The van der Waals surface area contributed by atoms with E-state index in [1.807, 2.05) is 19.1 Å². The highest BCUT2D eigenvalue weighted by Gasteiger charge is 2.14. The van der Waals surface area contributed by atoms with Gasteiger partial charge in [-0.1, -0.05) is 0 Å². The van der Waals surface area contributed by atoms with Crippen molar-refractivity contribution < 1.29 is 8.42 Å². The second-order valence-corrected chi connectivity index (χ2v) is 6.72. The fourth-order valence-corrected chi connectivity index (χ4v) is 3.19. The minimum Gasteiger partial charge on any atom is -0.252 e. The van der Waals surface area contributed by atoms with Gasteiger partial charge < -0.3 is 0 Å². The molecule has 0 amide bonds. The average molecular weight is 248 g/mol. The van der Waals surface area contributed by atoms with Crippen LogP contribution in [0.3, 0.4) is 0 Å².